The largest absolute Gasteiger partial charge is 0.349 e. The smallest absolute Gasteiger partial charge is 0.224 e. The molecule has 0 heterocycles. The lowest BCUT2D eigenvalue weighted by atomic mass is 9.88. The fourth-order valence-electron chi connectivity index (χ4n) is 1.63. The number of hydrogen-bond donors (Lipinski definition) is 2. The van der Waals surface area contributed by atoms with Crippen molar-refractivity contribution < 1.29 is 9.18 Å². The van der Waals surface area contributed by atoms with Crippen LogP contribution in [-0.4, -0.2) is 18.0 Å². The molecule has 0 radical (unpaired) electrons. The number of amides is 1. The minimum atomic E-state index is -0.422. The molecular weight excluding hydrogens is 347 g/mol. The first-order valence-corrected chi connectivity index (χ1v) is 7.03. The van der Waals surface area contributed by atoms with Crippen molar-refractivity contribution in [2.45, 2.75) is 32.7 Å². The van der Waals surface area contributed by atoms with Gasteiger partial charge in [0.05, 0.1) is 16.4 Å². The fraction of sp³-hybridized carbons (Fsp3) is 0.500. The summed E-state index contributed by atoms with van der Waals surface area (Å²) in [7, 11) is 0. The van der Waals surface area contributed by atoms with Crippen molar-refractivity contribution in [2.75, 3.05) is 6.54 Å². The van der Waals surface area contributed by atoms with Crippen LogP contribution in [0.3, 0.4) is 0 Å². The molecule has 0 saturated carbocycles. The van der Waals surface area contributed by atoms with Crippen LogP contribution in [0, 0.1) is 11.7 Å². The molecule has 1 aromatic carbocycles. The van der Waals surface area contributed by atoms with E-state index in [2.05, 4.69) is 21.2 Å². The van der Waals surface area contributed by atoms with Crippen LogP contribution in [0.5, 0.6) is 0 Å². The zero-order chi connectivity index (χ0) is 14.6. The van der Waals surface area contributed by atoms with E-state index in [-0.39, 0.29) is 36.5 Å². The summed E-state index contributed by atoms with van der Waals surface area (Å²) >= 11 is 3.11. The van der Waals surface area contributed by atoms with E-state index >= 15 is 0 Å². The predicted molar refractivity (Wildman–Crippen MR) is 85.5 cm³/mol. The van der Waals surface area contributed by atoms with E-state index in [4.69, 9.17) is 5.73 Å². The first kappa shape index (κ1) is 19.4. The molecule has 1 aromatic rings. The summed E-state index contributed by atoms with van der Waals surface area (Å²) in [5.74, 6) is -0.209. The number of rotatable bonds is 5. The van der Waals surface area contributed by atoms with Crippen molar-refractivity contribution in [1.82, 2.24) is 5.32 Å². The van der Waals surface area contributed by atoms with Gasteiger partial charge in [-0.2, -0.15) is 0 Å². The molecule has 0 spiro atoms. The lowest BCUT2D eigenvalue weighted by molar-refractivity contribution is -0.122. The Morgan fingerprint density at radius 2 is 2.10 bits per heavy atom. The standard InChI is InChI=1S/C14H20BrFN2O.ClH/c1-9(2)14(3,8-17)18-13(19)7-10-4-5-12(16)11(15)6-10;/h4-6,9H,7-8,17H2,1-3H3,(H,18,19);1H. The summed E-state index contributed by atoms with van der Waals surface area (Å²) in [5, 5.41) is 2.95. The summed E-state index contributed by atoms with van der Waals surface area (Å²) in [4.78, 5) is 12.0. The Balaban J connectivity index is 0.00000361. The molecule has 3 nitrogen and oxygen atoms in total. The van der Waals surface area contributed by atoms with Gasteiger partial charge >= 0.3 is 0 Å². The van der Waals surface area contributed by atoms with Gasteiger partial charge in [-0.3, -0.25) is 4.79 Å². The van der Waals surface area contributed by atoms with Gasteiger partial charge in [-0.25, -0.2) is 4.39 Å². The second-order valence-corrected chi connectivity index (χ2v) is 6.10. The predicted octanol–water partition coefficient (Wildman–Crippen LogP) is 3.04. The van der Waals surface area contributed by atoms with E-state index in [9.17, 15) is 9.18 Å². The first-order chi connectivity index (χ1) is 8.78. The maximum Gasteiger partial charge on any atom is 0.224 e. The quantitative estimate of drug-likeness (QED) is 0.840. The molecule has 0 aliphatic heterocycles. The van der Waals surface area contributed by atoms with E-state index < -0.39 is 5.54 Å². The third kappa shape index (κ3) is 5.04. The molecule has 1 unspecified atom stereocenters. The average molecular weight is 368 g/mol. The minimum Gasteiger partial charge on any atom is -0.349 e. The second kappa shape index (κ2) is 7.96. The second-order valence-electron chi connectivity index (χ2n) is 5.25. The van der Waals surface area contributed by atoms with E-state index in [0.29, 0.717) is 11.0 Å². The molecule has 1 atom stereocenters. The molecule has 0 saturated heterocycles. The van der Waals surface area contributed by atoms with E-state index in [1.807, 2.05) is 20.8 Å². The highest BCUT2D eigenvalue weighted by atomic mass is 79.9. The lowest BCUT2D eigenvalue weighted by Crippen LogP contribution is -2.55. The van der Waals surface area contributed by atoms with Gasteiger partial charge in [-0.05, 0) is 46.5 Å². The Morgan fingerprint density at radius 1 is 1.50 bits per heavy atom. The molecule has 3 N–H and O–H groups in total. The molecule has 6 heteroatoms. The molecule has 1 amide bonds. The lowest BCUT2D eigenvalue weighted by Gasteiger charge is -2.33. The number of hydrogen-bond acceptors (Lipinski definition) is 2. The van der Waals surface area contributed by atoms with Crippen molar-refractivity contribution in [3.8, 4) is 0 Å². The van der Waals surface area contributed by atoms with Gasteiger partial charge < -0.3 is 11.1 Å². The van der Waals surface area contributed by atoms with Crippen LogP contribution in [0.4, 0.5) is 4.39 Å². The van der Waals surface area contributed by atoms with Gasteiger partial charge in [0, 0.05) is 6.54 Å². The molecule has 114 valence electrons. The molecule has 0 bridgehead atoms. The van der Waals surface area contributed by atoms with Crippen LogP contribution >= 0.6 is 28.3 Å². The normalized spacial score (nSPS) is 13.6. The number of benzene rings is 1. The van der Waals surface area contributed by atoms with Gasteiger partial charge in [0.15, 0.2) is 0 Å². The molecule has 1 rings (SSSR count). The van der Waals surface area contributed by atoms with E-state index in [1.165, 1.54) is 6.07 Å². The summed E-state index contributed by atoms with van der Waals surface area (Å²) in [5.41, 5.74) is 6.06. The molecular formula is C14H21BrClFN2O. The Morgan fingerprint density at radius 3 is 2.55 bits per heavy atom. The maximum atomic E-state index is 13.1. The fourth-order valence-corrected chi connectivity index (χ4v) is 2.05. The van der Waals surface area contributed by atoms with Gasteiger partial charge in [0.1, 0.15) is 5.82 Å². The third-order valence-corrected chi connectivity index (χ3v) is 4.08. The SMILES string of the molecule is CC(C)C(C)(CN)NC(=O)Cc1ccc(F)c(Br)c1.Cl. The Kier molecular flexibility index (Phi) is 7.70. The number of halogens is 3. The molecule has 0 aliphatic carbocycles. The molecule has 0 aliphatic rings. The average Bonchev–Trinajstić information content (AvgIpc) is 2.33. The van der Waals surface area contributed by atoms with Crippen LogP contribution in [0.1, 0.15) is 26.3 Å². The summed E-state index contributed by atoms with van der Waals surface area (Å²) < 4.78 is 13.5. The van der Waals surface area contributed by atoms with Crippen LogP contribution in [0.25, 0.3) is 0 Å². The molecule has 20 heavy (non-hydrogen) atoms. The maximum absolute atomic E-state index is 13.1. The topological polar surface area (TPSA) is 55.1 Å². The number of carbonyl (C=O) groups excluding carboxylic acids is 1. The molecule has 0 aromatic heterocycles. The summed E-state index contributed by atoms with van der Waals surface area (Å²) in [6.07, 6.45) is 0.210. The van der Waals surface area contributed by atoms with Crippen LogP contribution < -0.4 is 11.1 Å². The van der Waals surface area contributed by atoms with Crippen LogP contribution in [-0.2, 0) is 11.2 Å². The zero-order valence-electron chi connectivity index (χ0n) is 11.9. The number of nitrogens with two attached hydrogens (primary N) is 1. The minimum absolute atomic E-state index is 0. The zero-order valence-corrected chi connectivity index (χ0v) is 14.3. The Labute approximate surface area is 134 Å². The van der Waals surface area contributed by atoms with Crippen molar-refractivity contribution >= 4 is 34.2 Å². The first-order valence-electron chi connectivity index (χ1n) is 6.23. The summed E-state index contributed by atoms with van der Waals surface area (Å²) in [6.45, 7) is 6.34. The van der Waals surface area contributed by atoms with Crippen molar-refractivity contribution in [3.05, 3.63) is 34.1 Å². The van der Waals surface area contributed by atoms with Crippen molar-refractivity contribution in [2.24, 2.45) is 11.7 Å². The highest BCUT2D eigenvalue weighted by Crippen LogP contribution is 2.18. The van der Waals surface area contributed by atoms with E-state index in [1.54, 1.807) is 12.1 Å². The Hall–Kier alpha value is -0.650. The number of carbonyl (C=O) groups is 1. The van der Waals surface area contributed by atoms with Gasteiger partial charge in [-0.15, -0.1) is 12.4 Å². The van der Waals surface area contributed by atoms with Gasteiger partial charge in [0.2, 0.25) is 5.91 Å². The molecule has 0 fully saturated rings. The monoisotopic (exact) mass is 366 g/mol. The van der Waals surface area contributed by atoms with Crippen LogP contribution in [0.2, 0.25) is 0 Å². The van der Waals surface area contributed by atoms with Crippen molar-refractivity contribution in [1.29, 1.82) is 0 Å². The highest BCUT2D eigenvalue weighted by molar-refractivity contribution is 9.10. The third-order valence-electron chi connectivity index (χ3n) is 3.47. The Bertz CT molecular complexity index is 470. The number of nitrogens with one attached hydrogen (secondary N) is 1. The van der Waals surface area contributed by atoms with Gasteiger partial charge in [0.25, 0.3) is 0 Å². The highest BCUT2D eigenvalue weighted by Gasteiger charge is 2.28. The van der Waals surface area contributed by atoms with Gasteiger partial charge in [-0.1, -0.05) is 19.9 Å². The van der Waals surface area contributed by atoms with E-state index in [0.717, 1.165) is 5.56 Å². The van der Waals surface area contributed by atoms with Crippen molar-refractivity contribution in [3.63, 3.8) is 0 Å². The summed E-state index contributed by atoms with van der Waals surface area (Å²) in [6, 6.07) is 4.57. The van der Waals surface area contributed by atoms with Crippen LogP contribution in [0.15, 0.2) is 22.7 Å².